The van der Waals surface area contributed by atoms with Gasteiger partial charge in [0, 0.05) is 44.5 Å². The first-order valence-electron chi connectivity index (χ1n) is 9.10. The smallest absolute Gasteiger partial charge is 0.320 e. The van der Waals surface area contributed by atoms with Crippen LogP contribution < -0.4 is 5.32 Å². The molecule has 1 atom stereocenters. The number of piperidine rings is 1. The van der Waals surface area contributed by atoms with E-state index < -0.39 is 0 Å². The lowest BCUT2D eigenvalue weighted by molar-refractivity contribution is -0.121. The zero-order valence-electron chi connectivity index (χ0n) is 14.9. The molecule has 2 aliphatic rings. The van der Waals surface area contributed by atoms with Gasteiger partial charge < -0.3 is 19.9 Å². The van der Waals surface area contributed by atoms with Crippen molar-refractivity contribution in [3.63, 3.8) is 0 Å². The SMILES string of the molecule is COCc1ccccc1NC(=O)C1CCCN(C(=O)N2CCCC2)C1. The van der Waals surface area contributed by atoms with Crippen molar-refractivity contribution in [2.45, 2.75) is 32.3 Å². The number of para-hydroxylation sites is 1. The highest BCUT2D eigenvalue weighted by atomic mass is 16.5. The highest BCUT2D eigenvalue weighted by Crippen LogP contribution is 2.23. The molecule has 6 nitrogen and oxygen atoms in total. The zero-order chi connectivity index (χ0) is 17.6. The fraction of sp³-hybridized carbons (Fsp3) is 0.579. The van der Waals surface area contributed by atoms with Crippen LogP contribution in [0.25, 0.3) is 0 Å². The summed E-state index contributed by atoms with van der Waals surface area (Å²) in [5.41, 5.74) is 1.75. The molecule has 0 radical (unpaired) electrons. The lowest BCUT2D eigenvalue weighted by Crippen LogP contribution is -2.48. The zero-order valence-corrected chi connectivity index (χ0v) is 14.9. The molecule has 0 aromatic heterocycles. The molecule has 0 aliphatic carbocycles. The average molecular weight is 345 g/mol. The molecule has 1 unspecified atom stereocenters. The van der Waals surface area contributed by atoms with Gasteiger partial charge >= 0.3 is 6.03 Å². The Morgan fingerprint density at radius 2 is 1.84 bits per heavy atom. The first-order valence-corrected chi connectivity index (χ1v) is 9.10. The van der Waals surface area contributed by atoms with Crippen LogP contribution in [0.5, 0.6) is 0 Å². The monoisotopic (exact) mass is 345 g/mol. The third-order valence-electron chi connectivity index (χ3n) is 5.01. The molecule has 2 saturated heterocycles. The van der Waals surface area contributed by atoms with E-state index in [4.69, 9.17) is 4.74 Å². The Balaban J connectivity index is 1.61. The summed E-state index contributed by atoms with van der Waals surface area (Å²) in [6.45, 7) is 3.40. The molecule has 2 heterocycles. The topological polar surface area (TPSA) is 61.9 Å². The molecular formula is C19H27N3O3. The molecule has 1 N–H and O–H groups in total. The third-order valence-corrected chi connectivity index (χ3v) is 5.01. The van der Waals surface area contributed by atoms with Crippen LogP contribution in [-0.4, -0.2) is 55.0 Å². The first kappa shape index (κ1) is 17.7. The number of carbonyl (C=O) groups is 2. The van der Waals surface area contributed by atoms with Gasteiger partial charge in [-0.1, -0.05) is 18.2 Å². The minimum absolute atomic E-state index is 0.0116. The molecule has 2 aliphatic heterocycles. The minimum atomic E-state index is -0.157. The second-order valence-electron chi connectivity index (χ2n) is 6.84. The summed E-state index contributed by atoms with van der Waals surface area (Å²) in [5.74, 6) is -0.168. The number of anilines is 1. The van der Waals surface area contributed by atoms with Gasteiger partial charge in [0.25, 0.3) is 0 Å². The lowest BCUT2D eigenvalue weighted by Gasteiger charge is -2.34. The molecular weight excluding hydrogens is 318 g/mol. The van der Waals surface area contributed by atoms with E-state index in [-0.39, 0.29) is 17.9 Å². The van der Waals surface area contributed by atoms with Crippen LogP contribution in [0.15, 0.2) is 24.3 Å². The van der Waals surface area contributed by atoms with E-state index in [0.29, 0.717) is 13.2 Å². The molecule has 136 valence electrons. The van der Waals surface area contributed by atoms with E-state index in [1.807, 2.05) is 34.1 Å². The summed E-state index contributed by atoms with van der Waals surface area (Å²) < 4.78 is 5.19. The van der Waals surface area contributed by atoms with Gasteiger partial charge in [0.05, 0.1) is 12.5 Å². The molecule has 3 rings (SSSR count). The van der Waals surface area contributed by atoms with Crippen LogP contribution in [-0.2, 0) is 16.1 Å². The minimum Gasteiger partial charge on any atom is -0.380 e. The Bertz CT molecular complexity index is 614. The van der Waals surface area contributed by atoms with Crippen molar-refractivity contribution in [3.8, 4) is 0 Å². The number of amides is 3. The maximum atomic E-state index is 12.7. The summed E-state index contributed by atoms with van der Waals surface area (Å²) in [6.07, 6.45) is 3.86. The highest BCUT2D eigenvalue weighted by Gasteiger charge is 2.31. The number of urea groups is 1. The normalized spacial score (nSPS) is 20.6. The summed E-state index contributed by atoms with van der Waals surface area (Å²) in [5, 5.41) is 3.02. The van der Waals surface area contributed by atoms with Crippen molar-refractivity contribution < 1.29 is 14.3 Å². The van der Waals surface area contributed by atoms with Gasteiger partial charge in [0.15, 0.2) is 0 Å². The van der Waals surface area contributed by atoms with Crippen LogP contribution in [0, 0.1) is 5.92 Å². The number of methoxy groups -OCH3 is 1. The highest BCUT2D eigenvalue weighted by molar-refractivity contribution is 5.93. The van der Waals surface area contributed by atoms with Crippen molar-refractivity contribution in [1.29, 1.82) is 0 Å². The number of benzene rings is 1. The van der Waals surface area contributed by atoms with Crippen LogP contribution in [0.4, 0.5) is 10.5 Å². The van der Waals surface area contributed by atoms with Crippen molar-refractivity contribution >= 4 is 17.6 Å². The Kier molecular flexibility index (Phi) is 5.91. The third kappa shape index (κ3) is 4.31. The molecule has 0 bridgehead atoms. The Labute approximate surface area is 149 Å². The number of nitrogens with one attached hydrogen (secondary N) is 1. The number of ether oxygens (including phenoxy) is 1. The predicted molar refractivity (Wildman–Crippen MR) is 96.3 cm³/mol. The van der Waals surface area contributed by atoms with Gasteiger partial charge in [-0.25, -0.2) is 4.79 Å². The lowest BCUT2D eigenvalue weighted by atomic mass is 9.97. The van der Waals surface area contributed by atoms with Crippen LogP contribution in [0.1, 0.15) is 31.2 Å². The Morgan fingerprint density at radius 3 is 2.60 bits per heavy atom. The molecule has 2 fully saturated rings. The van der Waals surface area contributed by atoms with Crippen LogP contribution >= 0.6 is 0 Å². The van der Waals surface area contributed by atoms with Crippen molar-refractivity contribution in [2.24, 2.45) is 5.92 Å². The van der Waals surface area contributed by atoms with Gasteiger partial charge in [-0.15, -0.1) is 0 Å². The summed E-state index contributed by atoms with van der Waals surface area (Å²) >= 11 is 0. The van der Waals surface area contributed by atoms with Crippen LogP contribution in [0.3, 0.4) is 0 Å². The molecule has 25 heavy (non-hydrogen) atoms. The maximum Gasteiger partial charge on any atom is 0.320 e. The fourth-order valence-corrected chi connectivity index (χ4v) is 3.63. The van der Waals surface area contributed by atoms with Crippen molar-refractivity contribution in [2.75, 3.05) is 38.6 Å². The number of likely N-dealkylation sites (tertiary alicyclic amines) is 2. The molecule has 0 spiro atoms. The van der Waals surface area contributed by atoms with Gasteiger partial charge in [0.2, 0.25) is 5.91 Å². The fourth-order valence-electron chi connectivity index (χ4n) is 3.63. The maximum absolute atomic E-state index is 12.7. The van der Waals surface area contributed by atoms with Gasteiger partial charge in [-0.3, -0.25) is 4.79 Å². The van der Waals surface area contributed by atoms with E-state index in [2.05, 4.69) is 5.32 Å². The van der Waals surface area contributed by atoms with E-state index in [0.717, 1.165) is 56.6 Å². The van der Waals surface area contributed by atoms with Crippen molar-refractivity contribution in [3.05, 3.63) is 29.8 Å². The molecule has 1 aromatic rings. The number of hydrogen-bond acceptors (Lipinski definition) is 3. The van der Waals surface area contributed by atoms with Gasteiger partial charge in [-0.05, 0) is 31.7 Å². The van der Waals surface area contributed by atoms with E-state index >= 15 is 0 Å². The average Bonchev–Trinajstić information content (AvgIpc) is 3.18. The number of hydrogen-bond donors (Lipinski definition) is 1. The first-order chi connectivity index (χ1) is 12.2. The van der Waals surface area contributed by atoms with Crippen molar-refractivity contribution in [1.82, 2.24) is 9.80 Å². The summed E-state index contributed by atoms with van der Waals surface area (Å²) in [7, 11) is 1.64. The predicted octanol–water partition coefficient (Wildman–Crippen LogP) is 2.70. The summed E-state index contributed by atoms with van der Waals surface area (Å²) in [6, 6.07) is 7.76. The summed E-state index contributed by atoms with van der Waals surface area (Å²) in [4.78, 5) is 29.0. The van der Waals surface area contributed by atoms with E-state index in [9.17, 15) is 9.59 Å². The Hall–Kier alpha value is -2.08. The second kappa shape index (κ2) is 8.34. The van der Waals surface area contributed by atoms with E-state index in [1.54, 1.807) is 7.11 Å². The van der Waals surface area contributed by atoms with Gasteiger partial charge in [0.1, 0.15) is 0 Å². The second-order valence-corrected chi connectivity index (χ2v) is 6.84. The largest absolute Gasteiger partial charge is 0.380 e. The molecule has 3 amide bonds. The number of rotatable bonds is 4. The van der Waals surface area contributed by atoms with Crippen LogP contribution in [0.2, 0.25) is 0 Å². The Morgan fingerprint density at radius 1 is 1.12 bits per heavy atom. The standard InChI is InChI=1S/C19H27N3O3/c1-25-14-16-7-2-3-9-17(16)20-18(23)15-8-6-12-22(13-15)19(24)21-10-4-5-11-21/h2-3,7,9,15H,4-6,8,10-14H2,1H3,(H,20,23). The molecule has 1 aromatic carbocycles. The molecule has 6 heteroatoms. The molecule has 0 saturated carbocycles. The quantitative estimate of drug-likeness (QED) is 0.913. The number of nitrogens with zero attached hydrogens (tertiary/aromatic N) is 2. The van der Waals surface area contributed by atoms with Gasteiger partial charge in [-0.2, -0.15) is 0 Å². The van der Waals surface area contributed by atoms with E-state index in [1.165, 1.54) is 0 Å². The number of carbonyl (C=O) groups excluding carboxylic acids is 2.